The molecule has 41 heavy (non-hydrogen) atoms. The van der Waals surface area contributed by atoms with E-state index < -0.39 is 0 Å². The standard InChI is InChI=1S/C41H82/c1-3-5-7-9-11-13-15-17-19-21-23-25-27-29-31-33-35-37-39-41-40-38-36-34-32-30-28-26-24-22-20-18-16-14-12-10-8-6-4-2/h17,19H,3-16,18,20-41H2,1-2H3. The fourth-order valence-electron chi connectivity index (χ4n) is 6.39. The Labute approximate surface area is 263 Å². The maximum atomic E-state index is 2.45. The quantitative estimate of drug-likeness (QED) is 0.0511. The molecular weight excluding hydrogens is 492 g/mol. The lowest BCUT2D eigenvalue weighted by atomic mass is 10.0. The lowest BCUT2D eigenvalue weighted by Gasteiger charge is -2.04. The summed E-state index contributed by atoms with van der Waals surface area (Å²) in [5, 5.41) is 0. The van der Waals surface area contributed by atoms with Crippen molar-refractivity contribution in [3.05, 3.63) is 12.2 Å². The molecule has 0 aliphatic rings. The Morgan fingerprint density at radius 3 is 0.512 bits per heavy atom. The monoisotopic (exact) mass is 575 g/mol. The fraction of sp³-hybridized carbons (Fsp3) is 0.951. The second-order valence-corrected chi connectivity index (χ2v) is 13.7. The maximum Gasteiger partial charge on any atom is -0.0351 e. The van der Waals surface area contributed by atoms with Gasteiger partial charge in [-0.2, -0.15) is 0 Å². The largest absolute Gasteiger partial charge is 0.0885 e. The molecule has 0 saturated heterocycles. The van der Waals surface area contributed by atoms with Crippen molar-refractivity contribution in [2.75, 3.05) is 0 Å². The van der Waals surface area contributed by atoms with Crippen molar-refractivity contribution in [2.45, 2.75) is 251 Å². The first-order valence-corrected chi connectivity index (χ1v) is 20.1. The van der Waals surface area contributed by atoms with E-state index in [0.717, 1.165) is 0 Å². The molecule has 0 radical (unpaired) electrons. The second-order valence-electron chi connectivity index (χ2n) is 13.7. The molecule has 0 nitrogen and oxygen atoms in total. The third kappa shape index (κ3) is 39.7. The highest BCUT2D eigenvalue weighted by atomic mass is 14.0. The molecule has 0 amide bonds. The highest BCUT2D eigenvalue weighted by Crippen LogP contribution is 2.16. The van der Waals surface area contributed by atoms with Crippen LogP contribution in [0.2, 0.25) is 0 Å². The van der Waals surface area contributed by atoms with Gasteiger partial charge in [0.15, 0.2) is 0 Å². The van der Waals surface area contributed by atoms with Gasteiger partial charge >= 0.3 is 0 Å². The number of hydrogen-bond donors (Lipinski definition) is 0. The number of rotatable bonds is 37. The molecule has 246 valence electrons. The van der Waals surface area contributed by atoms with Crippen LogP contribution < -0.4 is 0 Å². The van der Waals surface area contributed by atoms with Crippen molar-refractivity contribution in [2.24, 2.45) is 0 Å². The molecule has 0 heterocycles. The predicted octanol–water partition coefficient (Wildman–Crippen LogP) is 16.0. The summed E-state index contributed by atoms with van der Waals surface area (Å²) >= 11 is 0. The van der Waals surface area contributed by atoms with Crippen molar-refractivity contribution in [3.8, 4) is 0 Å². The summed E-state index contributed by atoms with van der Waals surface area (Å²) in [5.74, 6) is 0. The van der Waals surface area contributed by atoms with Gasteiger partial charge in [0, 0.05) is 0 Å². The smallest absolute Gasteiger partial charge is 0.0351 e. The van der Waals surface area contributed by atoms with Gasteiger partial charge in [0.05, 0.1) is 0 Å². The van der Waals surface area contributed by atoms with Gasteiger partial charge in [0.2, 0.25) is 0 Å². The Morgan fingerprint density at radius 1 is 0.195 bits per heavy atom. The number of unbranched alkanes of at least 4 members (excludes halogenated alkanes) is 35. The van der Waals surface area contributed by atoms with Gasteiger partial charge in [-0.15, -0.1) is 0 Å². The van der Waals surface area contributed by atoms with Crippen molar-refractivity contribution in [1.82, 2.24) is 0 Å². The van der Waals surface area contributed by atoms with Crippen LogP contribution in [0.3, 0.4) is 0 Å². The predicted molar refractivity (Wildman–Crippen MR) is 191 cm³/mol. The van der Waals surface area contributed by atoms with Gasteiger partial charge in [-0.25, -0.2) is 0 Å². The van der Waals surface area contributed by atoms with Crippen LogP contribution in [0.5, 0.6) is 0 Å². The van der Waals surface area contributed by atoms with Crippen molar-refractivity contribution >= 4 is 0 Å². The van der Waals surface area contributed by atoms with Crippen LogP contribution in [0.25, 0.3) is 0 Å². The second kappa shape index (κ2) is 39.7. The first kappa shape index (κ1) is 40.7. The molecule has 0 rings (SSSR count). The van der Waals surface area contributed by atoms with E-state index in [1.165, 1.54) is 238 Å². The van der Waals surface area contributed by atoms with Crippen molar-refractivity contribution in [3.63, 3.8) is 0 Å². The molecule has 0 aromatic heterocycles. The van der Waals surface area contributed by atoms with E-state index in [-0.39, 0.29) is 0 Å². The summed E-state index contributed by atoms with van der Waals surface area (Å²) in [6.45, 7) is 4.61. The van der Waals surface area contributed by atoms with Crippen LogP contribution >= 0.6 is 0 Å². The van der Waals surface area contributed by atoms with E-state index in [1.807, 2.05) is 0 Å². The molecule has 0 aliphatic heterocycles. The van der Waals surface area contributed by atoms with E-state index in [0.29, 0.717) is 0 Å². The molecule has 0 aliphatic carbocycles. The minimum atomic E-state index is 1.31. The third-order valence-electron chi connectivity index (χ3n) is 9.37. The SMILES string of the molecule is CCCCCCCCC=CCCCCCCCCCCCCCCCCCCCCCCCCCCCCCCC. The van der Waals surface area contributed by atoms with E-state index in [1.54, 1.807) is 0 Å². The van der Waals surface area contributed by atoms with Gasteiger partial charge in [-0.3, -0.25) is 0 Å². The van der Waals surface area contributed by atoms with Crippen LogP contribution in [0.15, 0.2) is 12.2 Å². The summed E-state index contributed by atoms with van der Waals surface area (Å²) in [4.78, 5) is 0. The third-order valence-corrected chi connectivity index (χ3v) is 9.37. The van der Waals surface area contributed by atoms with E-state index >= 15 is 0 Å². The molecule has 0 aromatic rings. The zero-order chi connectivity index (χ0) is 29.6. The maximum absolute atomic E-state index is 2.45. The Kier molecular flexibility index (Phi) is 39.5. The molecule has 0 fully saturated rings. The summed E-state index contributed by atoms with van der Waals surface area (Å²) in [6, 6.07) is 0. The van der Waals surface area contributed by atoms with Crippen LogP contribution in [-0.4, -0.2) is 0 Å². The summed E-state index contributed by atoms with van der Waals surface area (Å²) in [5.41, 5.74) is 0. The normalized spacial score (nSPS) is 11.8. The average Bonchev–Trinajstić information content (AvgIpc) is 2.98. The Balaban J connectivity index is 3.05. The topological polar surface area (TPSA) is 0 Å². The lowest BCUT2D eigenvalue weighted by molar-refractivity contribution is 0.513. The van der Waals surface area contributed by atoms with E-state index in [9.17, 15) is 0 Å². The lowest BCUT2D eigenvalue weighted by Crippen LogP contribution is -1.85. The number of hydrogen-bond acceptors (Lipinski definition) is 0. The van der Waals surface area contributed by atoms with Crippen molar-refractivity contribution in [1.29, 1.82) is 0 Å². The highest BCUT2D eigenvalue weighted by Gasteiger charge is 1.97. The average molecular weight is 575 g/mol. The molecule has 0 aromatic carbocycles. The van der Waals surface area contributed by atoms with Gasteiger partial charge in [-0.1, -0.05) is 238 Å². The Bertz CT molecular complexity index is 449. The molecule has 0 saturated carbocycles. The van der Waals surface area contributed by atoms with Gasteiger partial charge in [0.1, 0.15) is 0 Å². The molecule has 0 atom stereocenters. The first-order valence-electron chi connectivity index (χ1n) is 20.1. The zero-order valence-electron chi connectivity index (χ0n) is 29.3. The summed E-state index contributed by atoms with van der Waals surface area (Å²) in [7, 11) is 0. The Morgan fingerprint density at radius 2 is 0.341 bits per heavy atom. The van der Waals surface area contributed by atoms with Crippen LogP contribution in [0.4, 0.5) is 0 Å². The molecule has 0 N–H and O–H groups in total. The minimum absolute atomic E-state index is 1.31. The molecule has 0 heteroatoms. The van der Waals surface area contributed by atoms with Gasteiger partial charge < -0.3 is 0 Å². The summed E-state index contributed by atoms with van der Waals surface area (Å²) in [6.07, 6.45) is 58.9. The Hall–Kier alpha value is -0.260. The summed E-state index contributed by atoms with van der Waals surface area (Å²) < 4.78 is 0. The van der Waals surface area contributed by atoms with Crippen LogP contribution in [0.1, 0.15) is 251 Å². The molecular formula is C41H82. The van der Waals surface area contributed by atoms with Crippen molar-refractivity contribution < 1.29 is 0 Å². The highest BCUT2D eigenvalue weighted by molar-refractivity contribution is 4.81. The van der Waals surface area contributed by atoms with E-state index in [4.69, 9.17) is 0 Å². The number of allylic oxidation sites excluding steroid dienone is 2. The molecule has 0 unspecified atom stereocenters. The fourth-order valence-corrected chi connectivity index (χ4v) is 6.39. The minimum Gasteiger partial charge on any atom is -0.0885 e. The zero-order valence-corrected chi connectivity index (χ0v) is 29.3. The van der Waals surface area contributed by atoms with Crippen LogP contribution in [-0.2, 0) is 0 Å². The van der Waals surface area contributed by atoms with Crippen LogP contribution in [0, 0.1) is 0 Å². The van der Waals surface area contributed by atoms with Gasteiger partial charge in [0.25, 0.3) is 0 Å². The first-order chi connectivity index (χ1) is 20.4. The molecule has 0 spiro atoms. The van der Waals surface area contributed by atoms with Gasteiger partial charge in [-0.05, 0) is 25.7 Å². The molecule has 0 bridgehead atoms. The van der Waals surface area contributed by atoms with E-state index in [2.05, 4.69) is 26.0 Å².